The molecule has 0 atom stereocenters. The zero-order chi connectivity index (χ0) is 70.6. The minimum Gasteiger partial charge on any atom is -0.505 e. The highest BCUT2D eigenvalue weighted by atomic mass is 35.7. The second kappa shape index (κ2) is 33.6. The molecule has 7 heterocycles. The fourth-order valence-corrected chi connectivity index (χ4v) is 11.3. The lowest BCUT2D eigenvalue weighted by atomic mass is 9.87. The molecule has 0 spiro atoms. The quantitative estimate of drug-likeness (QED) is 0.0279. The number of hydrazine groups is 1. The van der Waals surface area contributed by atoms with Crippen molar-refractivity contribution in [3.05, 3.63) is 283 Å². The van der Waals surface area contributed by atoms with Gasteiger partial charge in [0.25, 0.3) is 19.1 Å². The van der Waals surface area contributed by atoms with E-state index in [0.717, 1.165) is 77.5 Å². The average Bonchev–Trinajstić information content (AvgIpc) is 1.74. The van der Waals surface area contributed by atoms with Gasteiger partial charge < -0.3 is 21.6 Å². The minimum atomic E-state index is -3.76. The third-order valence-electron chi connectivity index (χ3n) is 14.4. The smallest absolute Gasteiger partial charge is 0.505 e. The number of pyridine rings is 4. The maximum absolute atomic E-state index is 12.9. The number of nitrogens with two attached hydrogens (primary N) is 3. The first kappa shape index (κ1) is 74.3. The summed E-state index contributed by atoms with van der Waals surface area (Å²) in [5, 5.41) is 16.6. The summed E-state index contributed by atoms with van der Waals surface area (Å²) in [6.45, 7) is 34.6. The molecule has 0 fully saturated rings. The number of aromatic nitrogens is 10. The molecule has 8 N–H and O–H groups in total. The second-order valence-electron chi connectivity index (χ2n) is 23.0. The van der Waals surface area contributed by atoms with Crippen molar-refractivity contribution in [1.29, 1.82) is 0 Å². The van der Waals surface area contributed by atoms with Gasteiger partial charge in [0.1, 0.15) is 30.6 Å². The molecule has 0 unspecified atom stereocenters. The summed E-state index contributed by atoms with van der Waals surface area (Å²) in [5.41, 5.74) is 23.9. The zero-order valence-electron chi connectivity index (χ0n) is 54.4. The third kappa shape index (κ3) is 19.1. The second-order valence-corrected chi connectivity index (χ2v) is 27.3. The highest BCUT2D eigenvalue weighted by Crippen LogP contribution is 2.31. The zero-order valence-corrected chi connectivity index (χ0v) is 56.8. The first-order chi connectivity index (χ1) is 46.9. The highest BCUT2D eigenvalue weighted by molar-refractivity contribution is 8.13. The standard InChI is InChI=1S/C22H22N4O2S.C13H9N5.C12H10N4.C10H13ClO2S.C9H9N3.C6H6N2O.CH4/c1-22(2,3)16-9-11-17(12-10-16)29(27,28)25-21-13-15-24-26(21)20-8-4-7-19-18(20)6-5-14-23-19;1-15-11-8-17-18(13(11)14)12-6-2-5-10-9(12)4-3-7-16-10;13-12-6-8-15-16(12)11-5-1-4-10-9(11)3-2-7-14-10;1-10(2,3)8-4-6-9(7-5-8)14(11,12)13;10-12-9-5-1-4-8-7(9)3-2-6-11-8;1-4-9-5-6(7-2)8-3;/h4-15,25H,1-3H3;2-8H,14H2;1-8H,13H2;4-7H,1-3H3;1-6,12H,10H2;5H,4H2,1H3;1H4. The van der Waals surface area contributed by atoms with Crippen LogP contribution in [0.2, 0.25) is 0 Å². The van der Waals surface area contributed by atoms with Gasteiger partial charge in [-0.2, -0.15) is 25.0 Å². The monoisotopic (exact) mass is 1380 g/mol. The topological polar surface area (TPSA) is 298 Å². The van der Waals surface area contributed by atoms with Gasteiger partial charge in [0.05, 0.1) is 86.4 Å². The van der Waals surface area contributed by atoms with Crippen molar-refractivity contribution >= 4 is 102 Å². The van der Waals surface area contributed by atoms with Gasteiger partial charge in [-0.25, -0.2) is 35.7 Å². The van der Waals surface area contributed by atoms with Crippen LogP contribution in [0.15, 0.2) is 247 Å². The Bertz CT molecular complexity index is 5260. The highest BCUT2D eigenvalue weighted by Gasteiger charge is 2.21. The number of hydrogen-bond donors (Lipinski definition) is 5. The van der Waals surface area contributed by atoms with E-state index in [1.807, 2.05) is 133 Å². The Labute approximate surface area is 580 Å². The van der Waals surface area contributed by atoms with E-state index in [1.165, 1.54) is 24.6 Å². The lowest BCUT2D eigenvalue weighted by Crippen LogP contribution is -2.17. The van der Waals surface area contributed by atoms with E-state index in [9.17, 15) is 16.8 Å². The number of halogens is 1. The fraction of sp³-hybridized carbons (Fsp3) is 0.151. The molecule has 0 amide bonds. The Hall–Kier alpha value is -12.1. The largest absolute Gasteiger partial charge is 0.554 e. The van der Waals surface area contributed by atoms with Crippen molar-refractivity contribution < 1.29 is 21.6 Å². The number of anilines is 4. The summed E-state index contributed by atoms with van der Waals surface area (Å²) in [6, 6.07) is 55.5. The van der Waals surface area contributed by atoms with Crippen molar-refractivity contribution in [3.63, 3.8) is 0 Å². The normalized spacial score (nSPS) is 10.8. The molecule has 0 radical (unpaired) electrons. The molecule has 13 aromatic rings. The van der Waals surface area contributed by atoms with Crippen LogP contribution < -0.4 is 27.5 Å². The number of ether oxygens (including phenoxy) is 1. The number of sulfonamides is 1. The average molecular weight is 1380 g/mol. The van der Waals surface area contributed by atoms with Gasteiger partial charge in [0.2, 0.25) is 5.69 Å². The summed E-state index contributed by atoms with van der Waals surface area (Å²) in [7, 11) is -2.15. The SMILES string of the molecule is C.CC(C)(C)c1ccc(S(=O)(=O)Cl)cc1.CC(C)(C)c1ccc(S(=O)(=O)Nc2ccnn2-c2cccc3ncccc23)cc1.NNc1cccc2ncccc12.Nc1ccnn1-c1cccc2ncccc12.[C-]#[N+]C(=COCC)[N+]#[C-].[C-]#[N+]c1cnn(-c2cccc3ncccc23)c1N. The number of nitrogens with zero attached hydrogens (tertiary/aromatic N) is 13. The molecule has 6 aromatic carbocycles. The molecule has 504 valence electrons. The molecular formula is C73H73ClN18O5S2. The van der Waals surface area contributed by atoms with Crippen LogP contribution in [0.5, 0.6) is 0 Å². The Morgan fingerprint density at radius 3 is 1.37 bits per heavy atom. The molecule has 0 bridgehead atoms. The Morgan fingerprint density at radius 1 is 0.535 bits per heavy atom. The Balaban J connectivity index is 0.000000174. The third-order valence-corrected chi connectivity index (χ3v) is 17.2. The van der Waals surface area contributed by atoms with Gasteiger partial charge in [-0.15, -0.1) is 0 Å². The number of nitrogens with one attached hydrogen (secondary N) is 2. The van der Waals surface area contributed by atoms with Crippen molar-refractivity contribution in [3.8, 4) is 17.1 Å². The van der Waals surface area contributed by atoms with Crippen LogP contribution in [0.1, 0.15) is 67.0 Å². The maximum Gasteiger partial charge on any atom is 0.554 e. The molecular weight excluding hydrogens is 1310 g/mol. The van der Waals surface area contributed by atoms with E-state index < -0.39 is 19.1 Å². The van der Waals surface area contributed by atoms with Crippen molar-refractivity contribution in [2.75, 3.05) is 28.2 Å². The predicted molar refractivity (Wildman–Crippen MR) is 395 cm³/mol. The van der Waals surface area contributed by atoms with Crippen molar-refractivity contribution in [1.82, 2.24) is 49.3 Å². The Kier molecular flexibility index (Phi) is 25.2. The van der Waals surface area contributed by atoms with Crippen LogP contribution in [0, 0.1) is 19.7 Å². The summed E-state index contributed by atoms with van der Waals surface area (Å²) < 4.78 is 60.0. The minimum absolute atomic E-state index is 0. The molecule has 0 saturated heterocycles. The van der Waals surface area contributed by atoms with E-state index in [1.54, 1.807) is 94.5 Å². The number of hydrogen-bond acceptors (Lipinski definition) is 16. The van der Waals surface area contributed by atoms with Crippen LogP contribution >= 0.6 is 10.7 Å². The molecule has 23 nitrogen and oxygen atoms in total. The van der Waals surface area contributed by atoms with E-state index in [0.29, 0.717) is 29.7 Å². The molecule has 0 aliphatic heterocycles. The first-order valence-corrected chi connectivity index (χ1v) is 33.8. The number of fused-ring (bicyclic) bond motifs is 4. The fourth-order valence-electron chi connectivity index (χ4n) is 9.44. The van der Waals surface area contributed by atoms with Gasteiger partial charge in [-0.05, 0) is 150 Å². The van der Waals surface area contributed by atoms with Crippen molar-refractivity contribution in [2.24, 2.45) is 5.84 Å². The predicted octanol–water partition coefficient (Wildman–Crippen LogP) is 15.8. The molecule has 0 aliphatic rings. The van der Waals surface area contributed by atoms with Crippen LogP contribution in [0.4, 0.5) is 28.8 Å². The molecule has 99 heavy (non-hydrogen) atoms. The van der Waals surface area contributed by atoms with Crippen LogP contribution in [0.25, 0.3) is 75.2 Å². The summed E-state index contributed by atoms with van der Waals surface area (Å²) in [4.78, 5) is 26.6. The van der Waals surface area contributed by atoms with Gasteiger partial charge in [-0.3, -0.25) is 30.5 Å². The summed E-state index contributed by atoms with van der Waals surface area (Å²) in [6.07, 6.45) is 12.9. The summed E-state index contributed by atoms with van der Waals surface area (Å²) >= 11 is 0. The lowest BCUT2D eigenvalue weighted by molar-refractivity contribution is 0.267. The van der Waals surface area contributed by atoms with E-state index in [-0.39, 0.29) is 33.9 Å². The van der Waals surface area contributed by atoms with Crippen molar-refractivity contribution in [2.45, 2.75) is 76.5 Å². The molecule has 26 heteroatoms. The van der Waals surface area contributed by atoms with Gasteiger partial charge in [0.15, 0.2) is 6.26 Å². The maximum atomic E-state index is 12.9. The molecule has 13 rings (SSSR count). The van der Waals surface area contributed by atoms with E-state index >= 15 is 0 Å². The van der Waals surface area contributed by atoms with Gasteiger partial charge in [0, 0.05) is 69.1 Å². The van der Waals surface area contributed by atoms with Crippen LogP contribution in [-0.2, 0) is 34.6 Å². The number of benzene rings is 6. The molecule has 0 saturated carbocycles. The lowest BCUT2D eigenvalue weighted by Gasteiger charge is -2.19. The molecule has 7 aromatic heterocycles. The van der Waals surface area contributed by atoms with Gasteiger partial charge in [-0.1, -0.05) is 97.5 Å². The molecule has 0 aliphatic carbocycles. The first-order valence-electron chi connectivity index (χ1n) is 30.0. The Morgan fingerprint density at radius 2 is 0.960 bits per heavy atom. The van der Waals surface area contributed by atoms with Gasteiger partial charge >= 0.3 is 5.82 Å². The van der Waals surface area contributed by atoms with Crippen LogP contribution in [0.3, 0.4) is 0 Å². The number of nitrogen functional groups attached to an aromatic ring is 3. The van der Waals surface area contributed by atoms with E-state index in [4.69, 9.17) is 47.7 Å². The van der Waals surface area contributed by atoms with E-state index in [2.05, 4.69) is 106 Å². The number of rotatable bonds is 10. The van der Waals surface area contributed by atoms with Crippen LogP contribution in [-0.4, -0.2) is 72.7 Å². The summed E-state index contributed by atoms with van der Waals surface area (Å²) in [5.74, 6) is 6.64.